The molecule has 0 atom stereocenters. The number of amides is 1. The number of carbonyl (C=O) groups excluding carboxylic acids is 1. The Labute approximate surface area is 184 Å². The molecule has 6 nitrogen and oxygen atoms in total. The molecule has 4 rings (SSSR count). The maximum atomic E-state index is 12.6. The van der Waals surface area contributed by atoms with Gasteiger partial charge in [-0.1, -0.05) is 35.9 Å². The summed E-state index contributed by atoms with van der Waals surface area (Å²) in [5.41, 5.74) is 5.20. The molecule has 1 saturated heterocycles. The summed E-state index contributed by atoms with van der Waals surface area (Å²) in [6.07, 6.45) is 2.09. The maximum Gasteiger partial charge on any atom is 0.251 e. The summed E-state index contributed by atoms with van der Waals surface area (Å²) < 4.78 is 0. The molecule has 6 heteroatoms. The number of H-pyrrole nitrogens is 1. The van der Waals surface area contributed by atoms with Gasteiger partial charge in [0.2, 0.25) is 0 Å². The standard InChI is InChI=1S/C25H31N5O/c1-18-7-9-20(10-8-18)23-16-24(28-27-23)30-13-11-19(12-14-30)17-26-25(31)21-5-4-6-22(15-21)29(2)3/h4-10,15-16,19H,11-14,17H2,1-3H3,(H,26,31)(H,27,28). The minimum Gasteiger partial charge on any atom is -0.378 e. The Hall–Kier alpha value is -3.28. The molecule has 1 aliphatic rings. The summed E-state index contributed by atoms with van der Waals surface area (Å²) in [5, 5.41) is 10.8. The highest BCUT2D eigenvalue weighted by molar-refractivity contribution is 5.95. The molecule has 1 amide bonds. The fourth-order valence-electron chi connectivity index (χ4n) is 3.98. The van der Waals surface area contributed by atoms with Gasteiger partial charge >= 0.3 is 0 Å². The minimum absolute atomic E-state index is 0.00108. The van der Waals surface area contributed by atoms with E-state index >= 15 is 0 Å². The Balaban J connectivity index is 1.28. The maximum absolute atomic E-state index is 12.6. The van der Waals surface area contributed by atoms with Crippen LogP contribution in [0.25, 0.3) is 11.3 Å². The molecule has 2 aromatic carbocycles. The first-order valence-corrected chi connectivity index (χ1v) is 10.9. The highest BCUT2D eigenvalue weighted by Crippen LogP contribution is 2.26. The van der Waals surface area contributed by atoms with Crippen LogP contribution in [0, 0.1) is 12.8 Å². The fourth-order valence-corrected chi connectivity index (χ4v) is 3.98. The topological polar surface area (TPSA) is 64.3 Å². The van der Waals surface area contributed by atoms with Gasteiger partial charge in [0.15, 0.2) is 5.82 Å². The Kier molecular flexibility index (Phi) is 6.26. The number of anilines is 2. The third kappa shape index (κ3) is 5.08. The van der Waals surface area contributed by atoms with Crippen LogP contribution in [0.1, 0.15) is 28.8 Å². The quantitative estimate of drug-likeness (QED) is 0.634. The second kappa shape index (κ2) is 9.25. The van der Waals surface area contributed by atoms with Crippen LogP contribution < -0.4 is 15.1 Å². The third-order valence-electron chi connectivity index (χ3n) is 6.04. The lowest BCUT2D eigenvalue weighted by Crippen LogP contribution is -2.38. The van der Waals surface area contributed by atoms with Crippen LogP contribution in [0.4, 0.5) is 11.5 Å². The number of aryl methyl sites for hydroxylation is 1. The number of aromatic amines is 1. The molecule has 1 aliphatic heterocycles. The molecule has 3 aromatic rings. The van der Waals surface area contributed by atoms with Crippen LogP contribution in [0.15, 0.2) is 54.6 Å². The number of benzene rings is 2. The van der Waals surface area contributed by atoms with E-state index in [0.717, 1.165) is 48.7 Å². The average molecular weight is 418 g/mol. The summed E-state index contributed by atoms with van der Waals surface area (Å²) >= 11 is 0. The third-order valence-corrected chi connectivity index (χ3v) is 6.04. The van der Waals surface area contributed by atoms with E-state index in [9.17, 15) is 4.79 Å². The van der Waals surface area contributed by atoms with Crippen molar-refractivity contribution in [2.24, 2.45) is 5.92 Å². The lowest BCUT2D eigenvalue weighted by atomic mass is 9.96. The Morgan fingerprint density at radius 2 is 1.87 bits per heavy atom. The first-order valence-electron chi connectivity index (χ1n) is 10.9. The number of carbonyl (C=O) groups is 1. The molecule has 0 aliphatic carbocycles. The predicted molar refractivity (Wildman–Crippen MR) is 127 cm³/mol. The van der Waals surface area contributed by atoms with Gasteiger partial charge in [-0.05, 0) is 49.4 Å². The van der Waals surface area contributed by atoms with E-state index in [-0.39, 0.29) is 5.91 Å². The summed E-state index contributed by atoms with van der Waals surface area (Å²) in [5.74, 6) is 1.49. The number of hydrogen-bond donors (Lipinski definition) is 2. The lowest BCUT2D eigenvalue weighted by molar-refractivity contribution is 0.0945. The number of nitrogens with one attached hydrogen (secondary N) is 2. The molecule has 1 fully saturated rings. The molecule has 0 unspecified atom stereocenters. The predicted octanol–water partition coefficient (Wildman–Crippen LogP) is 4.10. The van der Waals surface area contributed by atoms with Crippen molar-refractivity contribution in [3.63, 3.8) is 0 Å². The van der Waals surface area contributed by atoms with Crippen molar-refractivity contribution in [1.29, 1.82) is 0 Å². The molecular formula is C25H31N5O. The molecule has 0 spiro atoms. The smallest absolute Gasteiger partial charge is 0.251 e. The molecule has 1 aromatic heterocycles. The SMILES string of the molecule is Cc1ccc(-c2cc(N3CCC(CNC(=O)c4cccc(N(C)C)c4)CC3)n[nH]2)cc1. The molecule has 0 saturated carbocycles. The number of nitrogens with zero attached hydrogens (tertiary/aromatic N) is 3. The molecule has 162 valence electrons. The van der Waals surface area contributed by atoms with Crippen LogP contribution in [0.2, 0.25) is 0 Å². The number of piperidine rings is 1. The molecule has 0 bridgehead atoms. The van der Waals surface area contributed by atoms with Crippen LogP contribution in [0.5, 0.6) is 0 Å². The lowest BCUT2D eigenvalue weighted by Gasteiger charge is -2.32. The van der Waals surface area contributed by atoms with E-state index in [2.05, 4.69) is 57.7 Å². The molecule has 2 N–H and O–H groups in total. The van der Waals surface area contributed by atoms with E-state index in [0.29, 0.717) is 18.0 Å². The number of aromatic nitrogens is 2. The summed E-state index contributed by atoms with van der Waals surface area (Å²) in [7, 11) is 3.96. The summed E-state index contributed by atoms with van der Waals surface area (Å²) in [4.78, 5) is 16.9. The van der Waals surface area contributed by atoms with Crippen molar-refractivity contribution in [2.45, 2.75) is 19.8 Å². The number of rotatable bonds is 6. The molecule has 2 heterocycles. The van der Waals surface area contributed by atoms with Gasteiger partial charge in [0.25, 0.3) is 5.91 Å². The van der Waals surface area contributed by atoms with Gasteiger partial charge in [-0.2, -0.15) is 5.10 Å². The molecular weight excluding hydrogens is 386 g/mol. The van der Waals surface area contributed by atoms with E-state index in [1.807, 2.05) is 43.3 Å². The van der Waals surface area contributed by atoms with Gasteiger partial charge < -0.3 is 15.1 Å². The van der Waals surface area contributed by atoms with Crippen molar-refractivity contribution >= 4 is 17.4 Å². The normalized spacial score (nSPS) is 14.5. The van der Waals surface area contributed by atoms with Crippen molar-refractivity contribution < 1.29 is 4.79 Å². The van der Waals surface area contributed by atoms with E-state index < -0.39 is 0 Å². The van der Waals surface area contributed by atoms with Crippen LogP contribution >= 0.6 is 0 Å². The van der Waals surface area contributed by atoms with Crippen LogP contribution in [0.3, 0.4) is 0 Å². The molecule has 31 heavy (non-hydrogen) atoms. The van der Waals surface area contributed by atoms with Crippen LogP contribution in [-0.2, 0) is 0 Å². The largest absolute Gasteiger partial charge is 0.378 e. The van der Waals surface area contributed by atoms with Gasteiger partial charge in [0.1, 0.15) is 0 Å². The zero-order chi connectivity index (χ0) is 21.8. The van der Waals surface area contributed by atoms with Gasteiger partial charge in [0, 0.05) is 51.0 Å². The van der Waals surface area contributed by atoms with Crippen molar-refractivity contribution in [3.8, 4) is 11.3 Å². The van der Waals surface area contributed by atoms with E-state index in [1.165, 1.54) is 5.56 Å². The van der Waals surface area contributed by atoms with Crippen molar-refractivity contribution in [2.75, 3.05) is 43.5 Å². The van der Waals surface area contributed by atoms with E-state index in [4.69, 9.17) is 0 Å². The van der Waals surface area contributed by atoms with Gasteiger partial charge in [-0.3, -0.25) is 9.89 Å². The van der Waals surface area contributed by atoms with Crippen molar-refractivity contribution in [3.05, 3.63) is 65.7 Å². The van der Waals surface area contributed by atoms with Gasteiger partial charge in [0.05, 0.1) is 5.69 Å². The Morgan fingerprint density at radius 3 is 2.58 bits per heavy atom. The van der Waals surface area contributed by atoms with E-state index in [1.54, 1.807) is 0 Å². The number of hydrogen-bond acceptors (Lipinski definition) is 4. The first kappa shape index (κ1) is 21.0. The average Bonchev–Trinajstić information content (AvgIpc) is 3.28. The highest BCUT2D eigenvalue weighted by Gasteiger charge is 2.22. The minimum atomic E-state index is 0.00108. The first-order chi connectivity index (χ1) is 15.0. The second-order valence-electron chi connectivity index (χ2n) is 8.59. The van der Waals surface area contributed by atoms with Gasteiger partial charge in [-0.25, -0.2) is 0 Å². The monoisotopic (exact) mass is 417 g/mol. The second-order valence-corrected chi connectivity index (χ2v) is 8.59. The highest BCUT2D eigenvalue weighted by atomic mass is 16.1. The Morgan fingerprint density at radius 1 is 1.13 bits per heavy atom. The summed E-state index contributed by atoms with van der Waals surface area (Å²) in [6.45, 7) is 4.72. The van der Waals surface area contributed by atoms with Gasteiger partial charge in [-0.15, -0.1) is 0 Å². The zero-order valence-electron chi connectivity index (χ0n) is 18.6. The fraction of sp³-hybridized carbons (Fsp3) is 0.360. The Bertz CT molecular complexity index is 1020. The van der Waals surface area contributed by atoms with Crippen LogP contribution in [-0.4, -0.2) is 49.8 Å². The summed E-state index contributed by atoms with van der Waals surface area (Å²) in [6, 6.07) is 18.3. The zero-order valence-corrected chi connectivity index (χ0v) is 18.6. The van der Waals surface area contributed by atoms with Crippen molar-refractivity contribution in [1.82, 2.24) is 15.5 Å². The molecule has 0 radical (unpaired) electrons.